The van der Waals surface area contributed by atoms with E-state index in [0.29, 0.717) is 19.4 Å². The summed E-state index contributed by atoms with van der Waals surface area (Å²) in [5.41, 5.74) is 0.144. The first-order valence-corrected chi connectivity index (χ1v) is 8.42. The van der Waals surface area contributed by atoms with Crippen LogP contribution in [0.25, 0.3) is 0 Å². The lowest BCUT2D eigenvalue weighted by molar-refractivity contribution is 0.207. The maximum atomic E-state index is 13.8. The van der Waals surface area contributed by atoms with Gasteiger partial charge < -0.3 is 5.11 Å². The number of hydrogen-bond donors (Lipinski definition) is 1. The minimum absolute atomic E-state index is 0.144. The van der Waals surface area contributed by atoms with Crippen LogP contribution in [0.15, 0.2) is 18.2 Å². The van der Waals surface area contributed by atoms with E-state index >= 15 is 0 Å². The SMILES string of the molecule is CN(Cc1c(F)cccc1Cl)S(=O)(=O)N1CCC[C@H]1CO. The lowest BCUT2D eigenvalue weighted by Crippen LogP contribution is -2.45. The number of aliphatic hydroxyl groups excluding tert-OH is 1. The maximum absolute atomic E-state index is 13.8. The molecule has 21 heavy (non-hydrogen) atoms. The van der Waals surface area contributed by atoms with Crippen molar-refractivity contribution >= 4 is 21.8 Å². The van der Waals surface area contributed by atoms with E-state index in [1.165, 1.54) is 29.6 Å². The summed E-state index contributed by atoms with van der Waals surface area (Å²) in [5, 5.41) is 9.45. The number of rotatable bonds is 5. The Morgan fingerprint density at radius 2 is 2.24 bits per heavy atom. The number of aliphatic hydroxyl groups is 1. The second-order valence-electron chi connectivity index (χ2n) is 5.05. The van der Waals surface area contributed by atoms with Crippen molar-refractivity contribution in [2.24, 2.45) is 0 Å². The van der Waals surface area contributed by atoms with Crippen molar-refractivity contribution in [3.63, 3.8) is 0 Å². The van der Waals surface area contributed by atoms with E-state index in [1.807, 2.05) is 0 Å². The summed E-state index contributed by atoms with van der Waals surface area (Å²) in [6.45, 7) is -0.00107. The van der Waals surface area contributed by atoms with E-state index in [0.717, 1.165) is 4.31 Å². The molecule has 0 amide bonds. The molecule has 1 heterocycles. The van der Waals surface area contributed by atoms with E-state index in [2.05, 4.69) is 0 Å². The lowest BCUT2D eigenvalue weighted by Gasteiger charge is -2.28. The van der Waals surface area contributed by atoms with Gasteiger partial charge in [-0.25, -0.2) is 4.39 Å². The summed E-state index contributed by atoms with van der Waals surface area (Å²) in [7, 11) is -2.37. The molecule has 0 bridgehead atoms. The molecule has 1 N–H and O–H groups in total. The van der Waals surface area contributed by atoms with Crippen LogP contribution in [0, 0.1) is 5.82 Å². The molecule has 1 aliphatic heterocycles. The molecule has 1 atom stereocenters. The third-order valence-corrected chi connectivity index (χ3v) is 6.01. The molecule has 0 aromatic heterocycles. The van der Waals surface area contributed by atoms with Gasteiger partial charge in [0.2, 0.25) is 0 Å². The summed E-state index contributed by atoms with van der Waals surface area (Å²) < 4.78 is 41.1. The number of benzene rings is 1. The zero-order valence-corrected chi connectivity index (χ0v) is 13.2. The quantitative estimate of drug-likeness (QED) is 0.888. The van der Waals surface area contributed by atoms with Gasteiger partial charge in [0.15, 0.2) is 0 Å². The largest absolute Gasteiger partial charge is 0.395 e. The minimum atomic E-state index is -3.75. The third-order valence-electron chi connectivity index (χ3n) is 3.67. The normalized spacial score (nSPS) is 20.3. The molecule has 0 saturated carbocycles. The van der Waals surface area contributed by atoms with Crippen molar-refractivity contribution in [2.45, 2.75) is 25.4 Å². The predicted octanol–water partition coefficient (Wildman–Crippen LogP) is 1.61. The Balaban J connectivity index is 2.21. The van der Waals surface area contributed by atoms with E-state index < -0.39 is 22.1 Å². The highest BCUT2D eigenvalue weighted by molar-refractivity contribution is 7.86. The van der Waals surface area contributed by atoms with Gasteiger partial charge in [0.25, 0.3) is 10.2 Å². The van der Waals surface area contributed by atoms with Crippen molar-refractivity contribution in [3.8, 4) is 0 Å². The van der Waals surface area contributed by atoms with Crippen LogP contribution in [0.3, 0.4) is 0 Å². The van der Waals surface area contributed by atoms with Gasteiger partial charge in [0.05, 0.1) is 6.61 Å². The minimum Gasteiger partial charge on any atom is -0.395 e. The fraction of sp³-hybridized carbons (Fsp3) is 0.538. The Morgan fingerprint density at radius 1 is 1.52 bits per heavy atom. The van der Waals surface area contributed by atoms with Gasteiger partial charge in [-0.2, -0.15) is 17.0 Å². The maximum Gasteiger partial charge on any atom is 0.282 e. The first kappa shape index (κ1) is 16.6. The summed E-state index contributed by atoms with van der Waals surface area (Å²) in [5.74, 6) is -0.537. The highest BCUT2D eigenvalue weighted by atomic mass is 35.5. The van der Waals surface area contributed by atoms with Crippen molar-refractivity contribution in [2.75, 3.05) is 20.2 Å². The van der Waals surface area contributed by atoms with Crippen molar-refractivity contribution in [1.29, 1.82) is 0 Å². The van der Waals surface area contributed by atoms with Crippen LogP contribution in [0.5, 0.6) is 0 Å². The Bertz CT molecular complexity index is 591. The number of halogens is 2. The molecule has 8 heteroatoms. The molecular formula is C13H18ClFN2O3S. The van der Waals surface area contributed by atoms with Crippen LogP contribution in [0.4, 0.5) is 4.39 Å². The van der Waals surface area contributed by atoms with E-state index in [4.69, 9.17) is 11.6 Å². The van der Waals surface area contributed by atoms with Gasteiger partial charge in [-0.1, -0.05) is 17.7 Å². The van der Waals surface area contributed by atoms with Crippen molar-refractivity contribution < 1.29 is 17.9 Å². The van der Waals surface area contributed by atoms with Crippen LogP contribution in [0.1, 0.15) is 18.4 Å². The zero-order chi connectivity index (χ0) is 15.6. The van der Waals surface area contributed by atoms with Crippen molar-refractivity contribution in [3.05, 3.63) is 34.6 Å². The standard InChI is InChI=1S/C13H18ClFN2O3S/c1-16(8-11-12(14)5-2-6-13(11)15)21(19,20)17-7-3-4-10(17)9-18/h2,5-6,10,18H,3-4,7-9H2,1H3/t10-/m0/s1. The van der Waals surface area contributed by atoms with Gasteiger partial charge in [-0.3, -0.25) is 0 Å². The van der Waals surface area contributed by atoms with Crippen LogP contribution >= 0.6 is 11.6 Å². The highest BCUT2D eigenvalue weighted by Crippen LogP contribution is 2.26. The fourth-order valence-electron chi connectivity index (χ4n) is 2.46. The van der Waals surface area contributed by atoms with Crippen LogP contribution in [-0.2, 0) is 16.8 Å². The molecule has 1 fully saturated rings. The Morgan fingerprint density at radius 3 is 2.86 bits per heavy atom. The van der Waals surface area contributed by atoms with Crippen LogP contribution < -0.4 is 0 Å². The first-order chi connectivity index (χ1) is 9.87. The van der Waals surface area contributed by atoms with E-state index in [-0.39, 0.29) is 23.7 Å². The number of hydrogen-bond acceptors (Lipinski definition) is 3. The topological polar surface area (TPSA) is 60.9 Å². The second kappa shape index (κ2) is 6.58. The monoisotopic (exact) mass is 336 g/mol. The Kier molecular flexibility index (Phi) is 5.21. The lowest BCUT2D eigenvalue weighted by atomic mass is 10.2. The highest BCUT2D eigenvalue weighted by Gasteiger charge is 2.36. The second-order valence-corrected chi connectivity index (χ2v) is 7.45. The molecular weight excluding hydrogens is 319 g/mol. The average Bonchev–Trinajstić information content (AvgIpc) is 2.92. The summed E-state index contributed by atoms with van der Waals surface area (Å²) >= 11 is 5.92. The molecule has 1 aliphatic rings. The zero-order valence-electron chi connectivity index (χ0n) is 11.7. The molecule has 1 saturated heterocycles. The molecule has 2 rings (SSSR count). The molecule has 0 aliphatic carbocycles. The fourth-order valence-corrected chi connectivity index (χ4v) is 4.24. The molecule has 0 radical (unpaired) electrons. The van der Waals surface area contributed by atoms with Gasteiger partial charge >= 0.3 is 0 Å². The van der Waals surface area contributed by atoms with Crippen molar-refractivity contribution in [1.82, 2.24) is 8.61 Å². The van der Waals surface area contributed by atoms with Gasteiger partial charge in [0, 0.05) is 36.8 Å². The molecule has 5 nitrogen and oxygen atoms in total. The predicted molar refractivity (Wildman–Crippen MR) is 78.6 cm³/mol. The van der Waals surface area contributed by atoms with Gasteiger partial charge in [0.1, 0.15) is 5.82 Å². The Hall–Kier alpha value is -0.730. The van der Waals surface area contributed by atoms with E-state index in [1.54, 1.807) is 0 Å². The summed E-state index contributed by atoms with van der Waals surface area (Å²) in [6.07, 6.45) is 1.34. The molecule has 1 aromatic rings. The molecule has 118 valence electrons. The smallest absolute Gasteiger partial charge is 0.282 e. The molecule has 0 spiro atoms. The molecule has 1 aromatic carbocycles. The summed E-state index contributed by atoms with van der Waals surface area (Å²) in [4.78, 5) is 0. The van der Waals surface area contributed by atoms with E-state index in [9.17, 15) is 17.9 Å². The van der Waals surface area contributed by atoms with Crippen LogP contribution in [-0.4, -0.2) is 48.4 Å². The Labute approximate surface area is 129 Å². The molecule has 0 unspecified atom stereocenters. The number of nitrogens with zero attached hydrogens (tertiary/aromatic N) is 2. The first-order valence-electron chi connectivity index (χ1n) is 6.64. The van der Waals surface area contributed by atoms with Gasteiger partial charge in [-0.15, -0.1) is 0 Å². The van der Waals surface area contributed by atoms with Gasteiger partial charge in [-0.05, 0) is 25.0 Å². The third kappa shape index (κ3) is 3.37. The average molecular weight is 337 g/mol. The summed E-state index contributed by atoms with van der Waals surface area (Å²) in [6, 6.07) is 3.83. The van der Waals surface area contributed by atoms with Crippen LogP contribution in [0.2, 0.25) is 5.02 Å².